The Morgan fingerprint density at radius 3 is 2.73 bits per heavy atom. The quantitative estimate of drug-likeness (QED) is 0.807. The summed E-state index contributed by atoms with van der Waals surface area (Å²) >= 11 is 0. The number of halogens is 1. The number of methoxy groups -OCH3 is 1. The third-order valence-electron chi connectivity index (χ3n) is 2.12. The molecule has 0 heterocycles. The van der Waals surface area contributed by atoms with Gasteiger partial charge in [0, 0.05) is 25.3 Å². The molecule has 15 heavy (non-hydrogen) atoms. The lowest BCUT2D eigenvalue weighted by atomic mass is 10.1. The molecule has 0 amide bonds. The van der Waals surface area contributed by atoms with Crippen molar-refractivity contribution in [2.24, 2.45) is 0 Å². The average molecular weight is 211 g/mol. The van der Waals surface area contributed by atoms with Crippen molar-refractivity contribution in [3.05, 3.63) is 35.1 Å². The number of rotatable bonds is 5. The summed E-state index contributed by atoms with van der Waals surface area (Å²) in [6.45, 7) is 5.25. The van der Waals surface area contributed by atoms with E-state index in [1.807, 2.05) is 6.07 Å². The van der Waals surface area contributed by atoms with E-state index in [9.17, 15) is 4.39 Å². The smallest absolute Gasteiger partial charge is 0.128 e. The molecule has 0 aliphatic heterocycles. The van der Waals surface area contributed by atoms with Crippen LogP contribution in [0.5, 0.6) is 0 Å². The van der Waals surface area contributed by atoms with Crippen molar-refractivity contribution in [1.82, 2.24) is 5.32 Å². The van der Waals surface area contributed by atoms with Gasteiger partial charge < -0.3 is 10.1 Å². The van der Waals surface area contributed by atoms with Crippen LogP contribution in [0.4, 0.5) is 4.39 Å². The van der Waals surface area contributed by atoms with Crippen LogP contribution in [0.25, 0.3) is 0 Å². The number of nitrogens with one attached hydrogen (secondary N) is 1. The molecule has 0 aliphatic carbocycles. The van der Waals surface area contributed by atoms with Crippen LogP contribution < -0.4 is 5.32 Å². The first-order chi connectivity index (χ1) is 7.13. The Morgan fingerprint density at radius 1 is 1.40 bits per heavy atom. The van der Waals surface area contributed by atoms with Crippen LogP contribution in [0.3, 0.4) is 0 Å². The number of ether oxygens (including phenoxy) is 1. The minimum absolute atomic E-state index is 0.204. The summed E-state index contributed by atoms with van der Waals surface area (Å²) in [5.74, 6) is -0.204. The zero-order valence-corrected chi connectivity index (χ0v) is 9.51. The Bertz CT molecular complexity index is 312. The highest BCUT2D eigenvalue weighted by molar-refractivity contribution is 5.24. The van der Waals surface area contributed by atoms with Gasteiger partial charge in [0.1, 0.15) is 5.82 Å². The van der Waals surface area contributed by atoms with E-state index >= 15 is 0 Å². The predicted molar refractivity (Wildman–Crippen MR) is 59.1 cm³/mol. The molecule has 1 N–H and O–H groups in total. The second-order valence-corrected chi connectivity index (χ2v) is 3.89. The van der Waals surface area contributed by atoms with E-state index in [4.69, 9.17) is 4.74 Å². The van der Waals surface area contributed by atoms with E-state index in [1.165, 1.54) is 6.07 Å². The second-order valence-electron chi connectivity index (χ2n) is 3.89. The Labute approximate surface area is 90.4 Å². The summed E-state index contributed by atoms with van der Waals surface area (Å²) < 4.78 is 18.2. The Morgan fingerprint density at radius 2 is 2.13 bits per heavy atom. The zero-order valence-electron chi connectivity index (χ0n) is 9.51. The van der Waals surface area contributed by atoms with E-state index in [0.717, 1.165) is 12.1 Å². The normalized spacial score (nSPS) is 11.0. The highest BCUT2D eigenvalue weighted by Gasteiger charge is 2.03. The first-order valence-corrected chi connectivity index (χ1v) is 5.13. The van der Waals surface area contributed by atoms with E-state index < -0.39 is 0 Å². The minimum atomic E-state index is -0.204. The van der Waals surface area contributed by atoms with E-state index in [0.29, 0.717) is 18.2 Å². The van der Waals surface area contributed by atoms with Crippen molar-refractivity contribution in [2.45, 2.75) is 33.0 Å². The molecule has 1 aromatic carbocycles. The summed E-state index contributed by atoms with van der Waals surface area (Å²) in [4.78, 5) is 0. The lowest BCUT2D eigenvalue weighted by Gasteiger charge is -2.09. The monoisotopic (exact) mass is 211 g/mol. The molecule has 0 fully saturated rings. The van der Waals surface area contributed by atoms with Crippen LogP contribution >= 0.6 is 0 Å². The average Bonchev–Trinajstić information content (AvgIpc) is 2.19. The van der Waals surface area contributed by atoms with E-state index in [1.54, 1.807) is 13.2 Å². The fraction of sp³-hybridized carbons (Fsp3) is 0.500. The SMILES string of the molecule is COCc1cc(CNC(C)C)ccc1F. The molecule has 0 spiro atoms. The van der Waals surface area contributed by atoms with Gasteiger partial charge in [-0.05, 0) is 17.7 Å². The van der Waals surface area contributed by atoms with Crippen LogP contribution in [-0.2, 0) is 17.9 Å². The first kappa shape index (κ1) is 12.1. The Hall–Kier alpha value is -0.930. The summed E-state index contributed by atoms with van der Waals surface area (Å²) in [6, 6.07) is 5.56. The molecule has 2 nitrogen and oxygen atoms in total. The van der Waals surface area contributed by atoms with Crippen LogP contribution in [0, 0.1) is 5.82 Å². The predicted octanol–water partition coefficient (Wildman–Crippen LogP) is 2.47. The van der Waals surface area contributed by atoms with Crippen molar-refractivity contribution < 1.29 is 9.13 Å². The lowest BCUT2D eigenvalue weighted by molar-refractivity contribution is 0.181. The summed E-state index contributed by atoms with van der Waals surface area (Å²) in [6.07, 6.45) is 0. The van der Waals surface area contributed by atoms with Crippen LogP contribution in [0.1, 0.15) is 25.0 Å². The number of benzene rings is 1. The highest BCUT2D eigenvalue weighted by atomic mass is 19.1. The van der Waals surface area contributed by atoms with Crippen LogP contribution in [-0.4, -0.2) is 13.2 Å². The largest absolute Gasteiger partial charge is 0.380 e. The maximum atomic E-state index is 13.3. The standard InChI is InChI=1S/C12H18FNO/c1-9(2)14-7-10-4-5-12(13)11(6-10)8-15-3/h4-6,9,14H,7-8H2,1-3H3. The van der Waals surface area contributed by atoms with Gasteiger partial charge in [0.2, 0.25) is 0 Å². The molecule has 0 atom stereocenters. The van der Waals surface area contributed by atoms with Gasteiger partial charge in [0.25, 0.3) is 0 Å². The molecule has 0 saturated heterocycles. The van der Waals surface area contributed by atoms with Gasteiger partial charge >= 0.3 is 0 Å². The third-order valence-corrected chi connectivity index (χ3v) is 2.12. The van der Waals surface area contributed by atoms with Crippen molar-refractivity contribution in [3.8, 4) is 0 Å². The second kappa shape index (κ2) is 5.83. The molecule has 0 saturated carbocycles. The maximum Gasteiger partial charge on any atom is 0.128 e. The zero-order chi connectivity index (χ0) is 11.3. The first-order valence-electron chi connectivity index (χ1n) is 5.13. The molecule has 0 aromatic heterocycles. The van der Waals surface area contributed by atoms with Crippen LogP contribution in [0.15, 0.2) is 18.2 Å². The minimum Gasteiger partial charge on any atom is -0.380 e. The molecular formula is C12H18FNO. The molecule has 0 aliphatic rings. The van der Waals surface area contributed by atoms with E-state index in [2.05, 4.69) is 19.2 Å². The molecular weight excluding hydrogens is 193 g/mol. The fourth-order valence-corrected chi connectivity index (χ4v) is 1.33. The van der Waals surface area contributed by atoms with Crippen molar-refractivity contribution in [3.63, 3.8) is 0 Å². The molecule has 84 valence electrons. The summed E-state index contributed by atoms with van der Waals surface area (Å²) in [7, 11) is 1.57. The maximum absolute atomic E-state index is 13.3. The number of hydrogen-bond donors (Lipinski definition) is 1. The molecule has 0 bridgehead atoms. The Balaban J connectivity index is 2.69. The summed E-state index contributed by atoms with van der Waals surface area (Å²) in [5.41, 5.74) is 1.69. The molecule has 3 heteroatoms. The van der Waals surface area contributed by atoms with Crippen molar-refractivity contribution >= 4 is 0 Å². The van der Waals surface area contributed by atoms with Gasteiger partial charge in [-0.1, -0.05) is 19.9 Å². The summed E-state index contributed by atoms with van der Waals surface area (Å²) in [5, 5.41) is 3.29. The van der Waals surface area contributed by atoms with Crippen molar-refractivity contribution in [2.75, 3.05) is 7.11 Å². The van der Waals surface area contributed by atoms with Crippen LogP contribution in [0.2, 0.25) is 0 Å². The fourth-order valence-electron chi connectivity index (χ4n) is 1.33. The third kappa shape index (κ3) is 3.98. The molecule has 0 unspecified atom stereocenters. The van der Waals surface area contributed by atoms with Gasteiger partial charge in [-0.25, -0.2) is 4.39 Å². The van der Waals surface area contributed by atoms with Gasteiger partial charge in [-0.15, -0.1) is 0 Å². The highest BCUT2D eigenvalue weighted by Crippen LogP contribution is 2.11. The van der Waals surface area contributed by atoms with Crippen molar-refractivity contribution in [1.29, 1.82) is 0 Å². The van der Waals surface area contributed by atoms with Gasteiger partial charge in [-0.2, -0.15) is 0 Å². The Kier molecular flexibility index (Phi) is 4.72. The lowest BCUT2D eigenvalue weighted by Crippen LogP contribution is -2.21. The topological polar surface area (TPSA) is 21.3 Å². The van der Waals surface area contributed by atoms with Gasteiger partial charge in [0.05, 0.1) is 6.61 Å². The van der Waals surface area contributed by atoms with Gasteiger partial charge in [0.15, 0.2) is 0 Å². The van der Waals surface area contributed by atoms with E-state index in [-0.39, 0.29) is 5.82 Å². The van der Waals surface area contributed by atoms with Gasteiger partial charge in [-0.3, -0.25) is 0 Å². The molecule has 1 rings (SSSR count). The molecule has 1 aromatic rings. The molecule has 0 radical (unpaired) electrons. The number of hydrogen-bond acceptors (Lipinski definition) is 2.